The van der Waals surface area contributed by atoms with Crippen LogP contribution in [0, 0.1) is 5.82 Å². The second-order valence-corrected chi connectivity index (χ2v) is 6.32. The molecule has 4 rings (SSSR count). The number of aromatic hydroxyl groups is 1. The first-order chi connectivity index (χ1) is 12.6. The lowest BCUT2D eigenvalue weighted by Crippen LogP contribution is -2.15. The van der Waals surface area contributed by atoms with Crippen LogP contribution in [0.4, 0.5) is 15.9 Å². The van der Waals surface area contributed by atoms with Crippen molar-refractivity contribution in [2.45, 2.75) is 12.5 Å². The highest BCUT2D eigenvalue weighted by molar-refractivity contribution is 6.31. The fourth-order valence-corrected chi connectivity index (χ4v) is 2.94. The fraction of sp³-hybridized carbons (Fsp3) is 0.222. The number of nitrogens with zero attached hydrogens (tertiary/aromatic N) is 2. The van der Waals surface area contributed by atoms with Gasteiger partial charge >= 0.3 is 0 Å². The van der Waals surface area contributed by atoms with Gasteiger partial charge in [-0.05, 0) is 24.3 Å². The molecule has 0 aliphatic carbocycles. The highest BCUT2D eigenvalue weighted by atomic mass is 35.5. The first-order valence-electron chi connectivity index (χ1n) is 8.04. The summed E-state index contributed by atoms with van der Waals surface area (Å²) in [6, 6.07) is 7.50. The number of hydrogen-bond donors (Lipinski definition) is 2. The van der Waals surface area contributed by atoms with Crippen LogP contribution in [0.25, 0.3) is 10.9 Å². The molecule has 0 saturated carbocycles. The Hall–Kier alpha value is -2.64. The molecule has 134 valence electrons. The molecule has 2 aromatic carbocycles. The summed E-state index contributed by atoms with van der Waals surface area (Å²) in [7, 11) is 0. The van der Waals surface area contributed by atoms with E-state index in [0.717, 1.165) is 6.42 Å². The Kier molecular flexibility index (Phi) is 4.48. The summed E-state index contributed by atoms with van der Waals surface area (Å²) in [5.41, 5.74) is 1.12. The molecular weight excluding hydrogens is 361 g/mol. The van der Waals surface area contributed by atoms with Gasteiger partial charge in [0.05, 0.1) is 23.8 Å². The maximum Gasteiger partial charge on any atom is 0.162 e. The highest BCUT2D eigenvalue weighted by Gasteiger charge is 2.20. The predicted molar refractivity (Wildman–Crippen MR) is 95.7 cm³/mol. The smallest absolute Gasteiger partial charge is 0.162 e. The molecule has 1 saturated heterocycles. The highest BCUT2D eigenvalue weighted by Crippen LogP contribution is 2.35. The van der Waals surface area contributed by atoms with Crippen LogP contribution in [0.15, 0.2) is 36.7 Å². The molecule has 26 heavy (non-hydrogen) atoms. The van der Waals surface area contributed by atoms with Gasteiger partial charge in [-0.25, -0.2) is 14.4 Å². The van der Waals surface area contributed by atoms with E-state index in [1.54, 1.807) is 12.1 Å². The molecule has 1 aromatic heterocycles. The van der Waals surface area contributed by atoms with Gasteiger partial charge in [0.1, 0.15) is 24.1 Å². The van der Waals surface area contributed by atoms with Crippen LogP contribution in [0.5, 0.6) is 11.5 Å². The molecule has 1 aliphatic rings. The lowest BCUT2D eigenvalue weighted by molar-refractivity contribution is 0.139. The number of benzene rings is 2. The second kappa shape index (κ2) is 6.93. The molecule has 1 aliphatic heterocycles. The summed E-state index contributed by atoms with van der Waals surface area (Å²) in [6.45, 7) is 1.13. The molecule has 0 radical (unpaired) electrons. The Bertz CT molecular complexity index is 964. The van der Waals surface area contributed by atoms with E-state index in [1.165, 1.54) is 24.5 Å². The van der Waals surface area contributed by atoms with Gasteiger partial charge in [-0.15, -0.1) is 0 Å². The van der Waals surface area contributed by atoms with Gasteiger partial charge < -0.3 is 19.9 Å². The minimum absolute atomic E-state index is 0.00104. The van der Waals surface area contributed by atoms with Gasteiger partial charge in [-0.2, -0.15) is 0 Å². The first kappa shape index (κ1) is 16.8. The van der Waals surface area contributed by atoms with Crippen molar-refractivity contribution in [2.24, 2.45) is 0 Å². The minimum Gasteiger partial charge on any atom is -0.504 e. The summed E-state index contributed by atoms with van der Waals surface area (Å²) in [4.78, 5) is 8.41. The zero-order valence-corrected chi connectivity index (χ0v) is 14.3. The van der Waals surface area contributed by atoms with Crippen LogP contribution in [0.3, 0.4) is 0 Å². The van der Waals surface area contributed by atoms with Crippen LogP contribution >= 0.6 is 11.6 Å². The number of anilines is 2. The molecule has 0 unspecified atom stereocenters. The van der Waals surface area contributed by atoms with Crippen LogP contribution in [0.1, 0.15) is 6.42 Å². The van der Waals surface area contributed by atoms with Gasteiger partial charge in [0.15, 0.2) is 11.5 Å². The average molecular weight is 376 g/mol. The van der Waals surface area contributed by atoms with Crippen LogP contribution in [-0.4, -0.2) is 34.4 Å². The van der Waals surface area contributed by atoms with Crippen molar-refractivity contribution in [3.63, 3.8) is 0 Å². The predicted octanol–water partition coefficient (Wildman–Crippen LogP) is 4.04. The molecular formula is C18H15ClFN3O3. The molecule has 3 aromatic rings. The van der Waals surface area contributed by atoms with E-state index >= 15 is 0 Å². The maximum absolute atomic E-state index is 13.3. The van der Waals surface area contributed by atoms with Crippen molar-refractivity contribution in [2.75, 3.05) is 18.5 Å². The number of rotatable bonds is 4. The van der Waals surface area contributed by atoms with Crippen LogP contribution < -0.4 is 10.1 Å². The van der Waals surface area contributed by atoms with Crippen molar-refractivity contribution < 1.29 is 19.0 Å². The summed E-state index contributed by atoms with van der Waals surface area (Å²) >= 11 is 5.83. The van der Waals surface area contributed by atoms with Crippen molar-refractivity contribution in [1.29, 1.82) is 0 Å². The van der Waals surface area contributed by atoms with Crippen LogP contribution in [-0.2, 0) is 4.74 Å². The van der Waals surface area contributed by atoms with E-state index in [1.807, 2.05) is 0 Å². The van der Waals surface area contributed by atoms with Gasteiger partial charge in [-0.3, -0.25) is 0 Å². The number of nitrogens with one attached hydrogen (secondary N) is 1. The second-order valence-electron chi connectivity index (χ2n) is 5.92. The number of hydrogen-bond acceptors (Lipinski definition) is 6. The van der Waals surface area contributed by atoms with Crippen molar-refractivity contribution in [3.05, 3.63) is 47.5 Å². The molecule has 2 heterocycles. The Balaban J connectivity index is 1.70. The van der Waals surface area contributed by atoms with E-state index in [0.29, 0.717) is 41.4 Å². The number of ether oxygens (including phenoxy) is 2. The van der Waals surface area contributed by atoms with Gasteiger partial charge in [0, 0.05) is 23.6 Å². The zero-order valence-electron chi connectivity index (χ0n) is 13.6. The Labute approximate surface area is 153 Å². The van der Waals surface area contributed by atoms with E-state index in [2.05, 4.69) is 15.3 Å². The summed E-state index contributed by atoms with van der Waals surface area (Å²) in [5, 5.41) is 14.0. The topological polar surface area (TPSA) is 76.5 Å². The summed E-state index contributed by atoms with van der Waals surface area (Å²) < 4.78 is 24.5. The molecule has 8 heteroatoms. The quantitative estimate of drug-likeness (QED) is 0.716. The van der Waals surface area contributed by atoms with Gasteiger partial charge in [0.25, 0.3) is 0 Å². The maximum atomic E-state index is 13.3. The molecule has 0 spiro atoms. The monoisotopic (exact) mass is 375 g/mol. The van der Waals surface area contributed by atoms with Crippen LogP contribution in [0.2, 0.25) is 5.02 Å². The largest absolute Gasteiger partial charge is 0.504 e. The third-order valence-electron chi connectivity index (χ3n) is 4.08. The number of halogens is 2. The SMILES string of the molecule is Oc1cc2ncnc(Nc3ccc(F)c(Cl)c3)c2cc1O[C@H]1CCOC1. The first-order valence-corrected chi connectivity index (χ1v) is 8.42. The third kappa shape index (κ3) is 3.36. The lowest BCUT2D eigenvalue weighted by Gasteiger charge is -2.15. The summed E-state index contributed by atoms with van der Waals surface area (Å²) in [6.07, 6.45) is 2.04. The number of phenols is 1. The molecule has 1 fully saturated rings. The van der Waals surface area contributed by atoms with E-state index in [4.69, 9.17) is 21.1 Å². The van der Waals surface area contributed by atoms with E-state index in [9.17, 15) is 9.50 Å². The number of phenolic OH excluding ortho intramolecular Hbond substituents is 1. The van der Waals surface area contributed by atoms with Gasteiger partial charge in [-0.1, -0.05) is 11.6 Å². The molecule has 0 bridgehead atoms. The van der Waals surface area contributed by atoms with Crippen molar-refractivity contribution >= 4 is 34.0 Å². The molecule has 0 amide bonds. The normalized spacial score (nSPS) is 16.8. The Morgan fingerprint density at radius 1 is 1.27 bits per heavy atom. The number of fused-ring (bicyclic) bond motifs is 1. The minimum atomic E-state index is -0.496. The van der Waals surface area contributed by atoms with Crippen molar-refractivity contribution in [1.82, 2.24) is 9.97 Å². The average Bonchev–Trinajstić information content (AvgIpc) is 3.12. The third-order valence-corrected chi connectivity index (χ3v) is 4.37. The van der Waals surface area contributed by atoms with E-state index in [-0.39, 0.29) is 16.9 Å². The Morgan fingerprint density at radius 2 is 2.15 bits per heavy atom. The number of aromatic nitrogens is 2. The molecule has 1 atom stereocenters. The zero-order chi connectivity index (χ0) is 18.1. The van der Waals surface area contributed by atoms with E-state index < -0.39 is 5.82 Å². The van der Waals surface area contributed by atoms with Crippen molar-refractivity contribution in [3.8, 4) is 11.5 Å². The van der Waals surface area contributed by atoms with Gasteiger partial charge in [0.2, 0.25) is 0 Å². The lowest BCUT2D eigenvalue weighted by atomic mass is 10.2. The summed E-state index contributed by atoms with van der Waals surface area (Å²) in [5.74, 6) is 0.330. The Morgan fingerprint density at radius 3 is 2.92 bits per heavy atom. The fourth-order valence-electron chi connectivity index (χ4n) is 2.76. The molecule has 2 N–H and O–H groups in total. The molecule has 6 nitrogen and oxygen atoms in total. The standard InChI is InChI=1S/C18H15ClFN3O3/c19-13-5-10(1-2-14(13)20)23-18-12-6-17(26-11-3-4-25-8-11)16(24)7-15(12)21-9-22-18/h1-2,5-7,9,11,24H,3-4,8H2,(H,21,22,23)/t11-/m0/s1.